The van der Waals surface area contributed by atoms with Crippen molar-refractivity contribution >= 4 is 0 Å². The molecule has 0 amide bonds. The number of ether oxygens (including phenoxy) is 1. The van der Waals surface area contributed by atoms with Crippen LogP contribution < -0.4 is 5.73 Å². The molecule has 0 radical (unpaired) electrons. The highest BCUT2D eigenvalue weighted by molar-refractivity contribution is 4.94. The normalized spacial score (nSPS) is 43.9. The van der Waals surface area contributed by atoms with Crippen LogP contribution in [0.25, 0.3) is 0 Å². The first-order valence-corrected chi connectivity index (χ1v) is 4.60. The summed E-state index contributed by atoms with van der Waals surface area (Å²) in [6.07, 6.45) is -3.39. The fraction of sp³-hybridized carbons (Fsp3) is 1.00. The highest BCUT2D eigenvalue weighted by Crippen LogP contribution is 2.21. The predicted molar refractivity (Wildman–Crippen MR) is 47.4 cm³/mol. The summed E-state index contributed by atoms with van der Waals surface area (Å²) < 4.78 is 5.23. The zero-order valence-electron chi connectivity index (χ0n) is 7.78. The molecule has 0 aliphatic carbocycles. The minimum Gasteiger partial charge on any atom is -0.396 e. The number of aliphatic hydroxyl groups excluding tert-OH is 4. The van der Waals surface area contributed by atoms with Gasteiger partial charge in [0.2, 0.25) is 0 Å². The van der Waals surface area contributed by atoms with Crippen LogP contribution >= 0.6 is 0 Å². The molecule has 0 aromatic carbocycles. The van der Waals surface area contributed by atoms with E-state index in [4.69, 9.17) is 20.7 Å². The first-order valence-electron chi connectivity index (χ1n) is 4.60. The molecule has 0 aromatic rings. The van der Waals surface area contributed by atoms with Crippen LogP contribution in [-0.2, 0) is 4.74 Å². The predicted octanol–water partition coefficient (Wildman–Crippen LogP) is -2.82. The van der Waals surface area contributed by atoms with Crippen LogP contribution in [0.5, 0.6) is 0 Å². The third kappa shape index (κ3) is 2.22. The first kappa shape index (κ1) is 11.8. The van der Waals surface area contributed by atoms with Crippen LogP contribution in [-0.4, -0.2) is 64.1 Å². The monoisotopic (exact) mass is 207 g/mol. The minimum absolute atomic E-state index is 0.112. The van der Waals surface area contributed by atoms with Gasteiger partial charge in [-0.25, -0.2) is 0 Å². The summed E-state index contributed by atoms with van der Waals surface area (Å²) in [7, 11) is 0. The van der Waals surface area contributed by atoms with Crippen molar-refractivity contribution in [2.24, 2.45) is 5.73 Å². The average molecular weight is 207 g/mol. The maximum absolute atomic E-state index is 9.50. The van der Waals surface area contributed by atoms with Gasteiger partial charge < -0.3 is 30.9 Å². The topological polar surface area (TPSA) is 116 Å². The molecule has 84 valence electrons. The van der Waals surface area contributed by atoms with Gasteiger partial charge in [-0.2, -0.15) is 0 Å². The Morgan fingerprint density at radius 3 is 2.21 bits per heavy atom. The molecule has 1 saturated heterocycles. The molecule has 1 aliphatic heterocycles. The number of aliphatic hydroxyl groups is 4. The molecule has 1 heterocycles. The highest BCUT2D eigenvalue weighted by atomic mass is 16.5. The zero-order valence-corrected chi connectivity index (χ0v) is 7.78. The Morgan fingerprint density at radius 1 is 1.07 bits per heavy atom. The van der Waals surface area contributed by atoms with Crippen LogP contribution in [0.3, 0.4) is 0 Å². The van der Waals surface area contributed by atoms with E-state index in [1.165, 1.54) is 0 Å². The molecule has 6 nitrogen and oxygen atoms in total. The van der Waals surface area contributed by atoms with E-state index in [0.29, 0.717) is 0 Å². The molecule has 1 rings (SSSR count). The van der Waals surface area contributed by atoms with Crippen LogP contribution in [0.15, 0.2) is 0 Å². The molecule has 4 unspecified atom stereocenters. The van der Waals surface area contributed by atoms with E-state index < -0.39 is 30.5 Å². The van der Waals surface area contributed by atoms with Gasteiger partial charge in [-0.15, -0.1) is 0 Å². The summed E-state index contributed by atoms with van der Waals surface area (Å²) in [6.45, 7) is -0.494. The Morgan fingerprint density at radius 2 is 1.71 bits per heavy atom. The molecule has 0 bridgehead atoms. The standard InChI is InChI=1S/C8H17NO5/c9-6-4(1-2-10)14-5(3-11)7(12)8(6)13/h4-8,10-13H,1-3,9H2/t4-,5?,6?,7?,8?/m1/s1. The zero-order chi connectivity index (χ0) is 10.7. The van der Waals surface area contributed by atoms with Crippen molar-refractivity contribution in [2.45, 2.75) is 36.9 Å². The maximum atomic E-state index is 9.50. The van der Waals surface area contributed by atoms with E-state index in [0.717, 1.165) is 0 Å². The average Bonchev–Trinajstić information content (AvgIpc) is 2.19. The quantitative estimate of drug-likeness (QED) is 0.341. The summed E-state index contributed by atoms with van der Waals surface area (Å²) in [5.41, 5.74) is 5.59. The summed E-state index contributed by atoms with van der Waals surface area (Å²) in [5.74, 6) is 0. The molecule has 0 spiro atoms. The molecule has 1 fully saturated rings. The molecular formula is C8H17NO5. The molecule has 14 heavy (non-hydrogen) atoms. The van der Waals surface area contributed by atoms with Gasteiger partial charge in [-0.1, -0.05) is 0 Å². The van der Waals surface area contributed by atoms with E-state index in [1.807, 2.05) is 0 Å². The van der Waals surface area contributed by atoms with Crippen molar-refractivity contribution in [3.05, 3.63) is 0 Å². The lowest BCUT2D eigenvalue weighted by Crippen LogP contribution is -2.61. The summed E-state index contributed by atoms with van der Waals surface area (Å²) in [4.78, 5) is 0. The van der Waals surface area contributed by atoms with E-state index in [-0.39, 0.29) is 19.6 Å². The van der Waals surface area contributed by atoms with Crippen LogP contribution in [0.2, 0.25) is 0 Å². The molecular weight excluding hydrogens is 190 g/mol. The van der Waals surface area contributed by atoms with Crippen molar-refractivity contribution in [2.75, 3.05) is 13.2 Å². The lowest BCUT2D eigenvalue weighted by atomic mass is 9.92. The Bertz CT molecular complexity index is 175. The number of rotatable bonds is 3. The first-order chi connectivity index (χ1) is 6.61. The van der Waals surface area contributed by atoms with E-state index in [1.54, 1.807) is 0 Å². The second kappa shape index (κ2) is 5.01. The number of nitrogens with two attached hydrogens (primary N) is 1. The molecule has 0 saturated carbocycles. The fourth-order valence-corrected chi connectivity index (χ4v) is 1.60. The van der Waals surface area contributed by atoms with Gasteiger partial charge in [-0.3, -0.25) is 0 Å². The van der Waals surface area contributed by atoms with E-state index >= 15 is 0 Å². The molecule has 5 atom stereocenters. The lowest BCUT2D eigenvalue weighted by Gasteiger charge is -2.40. The molecule has 6 heteroatoms. The second-order valence-electron chi connectivity index (χ2n) is 3.47. The fourth-order valence-electron chi connectivity index (χ4n) is 1.60. The van der Waals surface area contributed by atoms with Gasteiger partial charge in [0.1, 0.15) is 18.3 Å². The Kier molecular flexibility index (Phi) is 4.24. The summed E-state index contributed by atoms with van der Waals surface area (Å²) >= 11 is 0. The van der Waals surface area contributed by atoms with Crippen molar-refractivity contribution in [1.82, 2.24) is 0 Å². The van der Waals surface area contributed by atoms with Crippen LogP contribution in [0.1, 0.15) is 6.42 Å². The van der Waals surface area contributed by atoms with Gasteiger partial charge >= 0.3 is 0 Å². The Labute approximate surface area is 81.9 Å². The largest absolute Gasteiger partial charge is 0.396 e. The highest BCUT2D eigenvalue weighted by Gasteiger charge is 2.41. The van der Waals surface area contributed by atoms with Crippen LogP contribution in [0.4, 0.5) is 0 Å². The molecule has 0 aromatic heterocycles. The summed E-state index contributed by atoms with van der Waals surface area (Å²) in [6, 6.07) is -0.736. The van der Waals surface area contributed by atoms with Gasteiger partial charge in [0.15, 0.2) is 0 Å². The molecule has 1 aliphatic rings. The van der Waals surface area contributed by atoms with Crippen molar-refractivity contribution in [3.63, 3.8) is 0 Å². The summed E-state index contributed by atoms with van der Waals surface area (Å²) in [5, 5.41) is 36.5. The number of hydrogen-bond donors (Lipinski definition) is 5. The van der Waals surface area contributed by atoms with Crippen molar-refractivity contribution in [1.29, 1.82) is 0 Å². The van der Waals surface area contributed by atoms with Gasteiger partial charge in [0.25, 0.3) is 0 Å². The molecule has 6 N–H and O–H groups in total. The SMILES string of the molecule is NC1C(O)C(O)C(CO)O[C@@H]1CCO. The van der Waals surface area contributed by atoms with E-state index in [9.17, 15) is 10.2 Å². The number of hydrogen-bond acceptors (Lipinski definition) is 6. The smallest absolute Gasteiger partial charge is 0.110 e. The van der Waals surface area contributed by atoms with Gasteiger partial charge in [0.05, 0.1) is 18.8 Å². The lowest BCUT2D eigenvalue weighted by molar-refractivity contribution is -0.191. The third-order valence-corrected chi connectivity index (χ3v) is 2.50. The third-order valence-electron chi connectivity index (χ3n) is 2.50. The van der Waals surface area contributed by atoms with Crippen molar-refractivity contribution in [3.8, 4) is 0 Å². The Hall–Kier alpha value is -0.240. The minimum atomic E-state index is -1.18. The van der Waals surface area contributed by atoms with Gasteiger partial charge in [-0.05, 0) is 6.42 Å². The van der Waals surface area contributed by atoms with Crippen molar-refractivity contribution < 1.29 is 25.2 Å². The van der Waals surface area contributed by atoms with E-state index in [2.05, 4.69) is 0 Å². The van der Waals surface area contributed by atoms with Crippen LogP contribution in [0, 0.1) is 0 Å². The maximum Gasteiger partial charge on any atom is 0.110 e. The second-order valence-corrected chi connectivity index (χ2v) is 3.47. The Balaban J connectivity index is 2.63. The van der Waals surface area contributed by atoms with Gasteiger partial charge in [0, 0.05) is 6.61 Å².